The summed E-state index contributed by atoms with van der Waals surface area (Å²) in [6.07, 6.45) is 6.24. The van der Waals surface area contributed by atoms with E-state index in [2.05, 4.69) is 74.6 Å². The number of nitrogens with zero attached hydrogens (tertiary/aromatic N) is 4. The molecule has 1 unspecified atom stereocenters. The number of rotatable bonds is 5. The Labute approximate surface area is 251 Å². The molecular weight excluding hydrogens is 535 g/mol. The van der Waals surface area contributed by atoms with Crippen molar-refractivity contribution in [3.63, 3.8) is 0 Å². The minimum absolute atomic E-state index is 0.327. The van der Waals surface area contributed by atoms with Crippen LogP contribution in [0.5, 0.6) is 11.5 Å². The Hall–Kier alpha value is -4.71. The Morgan fingerprint density at radius 3 is 2.49 bits per heavy atom. The Bertz CT molecular complexity index is 2050. The predicted octanol–water partition coefficient (Wildman–Crippen LogP) is 9.68. The van der Waals surface area contributed by atoms with Crippen LogP contribution in [0, 0.1) is 32.5 Å². The van der Waals surface area contributed by atoms with Crippen molar-refractivity contribution >= 4 is 21.8 Å². The molecule has 0 radical (unpaired) electrons. The predicted molar refractivity (Wildman–Crippen MR) is 171 cm³/mol. The number of pyridine rings is 1. The fraction of sp³-hybridized carbons (Fsp3) is 0.243. The van der Waals surface area contributed by atoms with Crippen LogP contribution in [0.4, 0.5) is 4.39 Å². The molecule has 216 valence electrons. The first-order valence-corrected chi connectivity index (χ1v) is 15.0. The highest BCUT2D eigenvalue weighted by Crippen LogP contribution is 2.42. The molecule has 6 aromatic rings. The average Bonchev–Trinajstić information content (AvgIpc) is 3.46. The van der Waals surface area contributed by atoms with Crippen molar-refractivity contribution in [2.45, 2.75) is 53.4 Å². The van der Waals surface area contributed by atoms with Gasteiger partial charge >= 0.3 is 0 Å². The van der Waals surface area contributed by atoms with Gasteiger partial charge in [0.2, 0.25) is 0 Å². The molecule has 5 nitrogen and oxygen atoms in total. The Morgan fingerprint density at radius 1 is 0.860 bits per heavy atom. The van der Waals surface area contributed by atoms with Crippen molar-refractivity contribution in [1.29, 1.82) is 0 Å². The summed E-state index contributed by atoms with van der Waals surface area (Å²) in [5.74, 6) is 2.61. The third-order valence-corrected chi connectivity index (χ3v) is 8.90. The van der Waals surface area contributed by atoms with E-state index in [0.717, 1.165) is 50.9 Å². The fourth-order valence-electron chi connectivity index (χ4n) is 7.01. The maximum absolute atomic E-state index is 14.3. The normalized spacial score (nSPS) is 17.0. The van der Waals surface area contributed by atoms with E-state index >= 15 is 0 Å². The fourth-order valence-corrected chi connectivity index (χ4v) is 7.01. The highest BCUT2D eigenvalue weighted by atomic mass is 19.1. The lowest BCUT2D eigenvalue weighted by Gasteiger charge is -2.29. The Balaban J connectivity index is 1.29. The Morgan fingerprint density at radius 2 is 1.67 bits per heavy atom. The van der Waals surface area contributed by atoms with Gasteiger partial charge in [0.1, 0.15) is 23.1 Å². The van der Waals surface area contributed by atoms with Crippen LogP contribution < -0.4 is 4.74 Å². The molecule has 2 atom stereocenters. The summed E-state index contributed by atoms with van der Waals surface area (Å²) in [6, 6.07) is 23.2. The van der Waals surface area contributed by atoms with Gasteiger partial charge in [-0.3, -0.25) is 4.57 Å². The molecule has 7 rings (SSSR count). The number of para-hydroxylation sites is 1. The standard InChI is InChI=1S/C37H35FN4O/c1-22-17-28(42-26(5)37(25(4)40-42)36-23(2)9-8-10-24(36)3)20-30(18-22)43-29-13-14-32-31-11-6-7-12-33(31)41(34(32)21-29)35-19-27(38)15-16-39-35/h6-7,9,11-21,24,36H,8,10H2,1-5H3/t24-,36?/m0/s1. The van der Waals surface area contributed by atoms with Gasteiger partial charge in [0.15, 0.2) is 0 Å². The van der Waals surface area contributed by atoms with Gasteiger partial charge < -0.3 is 4.74 Å². The van der Waals surface area contributed by atoms with Crippen LogP contribution in [0.3, 0.4) is 0 Å². The number of benzene rings is 3. The SMILES string of the molecule is CC1=CCC[C@H](C)C1c1c(C)nn(-c2cc(C)cc(Oc3ccc4c5ccccc5n(-c5cc(F)ccn5)c4c3)c2)c1C. The van der Waals surface area contributed by atoms with E-state index in [1.54, 1.807) is 0 Å². The molecule has 3 aromatic heterocycles. The second-order valence-electron chi connectivity index (χ2n) is 11.9. The molecule has 1 aliphatic carbocycles. The van der Waals surface area contributed by atoms with Crippen molar-refractivity contribution in [3.8, 4) is 23.0 Å². The summed E-state index contributed by atoms with van der Waals surface area (Å²) in [6.45, 7) is 11.0. The first-order valence-electron chi connectivity index (χ1n) is 15.0. The molecule has 6 heteroatoms. The smallest absolute Gasteiger partial charge is 0.140 e. The third kappa shape index (κ3) is 4.71. The second kappa shape index (κ2) is 10.5. The van der Waals surface area contributed by atoms with Crippen molar-refractivity contribution in [2.24, 2.45) is 5.92 Å². The van der Waals surface area contributed by atoms with Crippen molar-refractivity contribution in [2.75, 3.05) is 0 Å². The van der Waals surface area contributed by atoms with E-state index in [9.17, 15) is 4.39 Å². The summed E-state index contributed by atoms with van der Waals surface area (Å²) in [7, 11) is 0. The summed E-state index contributed by atoms with van der Waals surface area (Å²) in [4.78, 5) is 4.48. The number of aromatic nitrogens is 4. The number of hydrogen-bond donors (Lipinski definition) is 0. The van der Waals surface area contributed by atoms with E-state index in [1.165, 1.54) is 41.6 Å². The molecule has 0 spiro atoms. The molecule has 3 heterocycles. The molecule has 0 fully saturated rings. The summed E-state index contributed by atoms with van der Waals surface area (Å²) >= 11 is 0. The van der Waals surface area contributed by atoms with Gasteiger partial charge in [-0.2, -0.15) is 5.10 Å². The number of ether oxygens (including phenoxy) is 1. The first-order chi connectivity index (χ1) is 20.8. The molecule has 0 saturated heterocycles. The lowest BCUT2D eigenvalue weighted by molar-refractivity contribution is 0.447. The minimum atomic E-state index is -0.327. The largest absolute Gasteiger partial charge is 0.457 e. The summed E-state index contributed by atoms with van der Waals surface area (Å²) < 4.78 is 24.8. The van der Waals surface area contributed by atoms with Crippen LogP contribution in [0.25, 0.3) is 33.3 Å². The molecule has 1 aliphatic rings. The quantitative estimate of drug-likeness (QED) is 0.194. The van der Waals surface area contributed by atoms with Gasteiger partial charge in [-0.25, -0.2) is 14.1 Å². The average molecular weight is 571 g/mol. The van der Waals surface area contributed by atoms with Crippen molar-refractivity contribution in [3.05, 3.63) is 119 Å². The molecule has 0 amide bonds. The van der Waals surface area contributed by atoms with E-state index in [-0.39, 0.29) is 5.82 Å². The maximum atomic E-state index is 14.3. The summed E-state index contributed by atoms with van der Waals surface area (Å²) in [5.41, 5.74) is 8.97. The number of aryl methyl sites for hydroxylation is 2. The minimum Gasteiger partial charge on any atom is -0.457 e. The number of hydrogen-bond acceptors (Lipinski definition) is 3. The molecule has 0 N–H and O–H groups in total. The van der Waals surface area contributed by atoms with Gasteiger partial charge in [0, 0.05) is 52.3 Å². The number of halogens is 1. The van der Waals surface area contributed by atoms with E-state index in [0.29, 0.717) is 23.4 Å². The highest BCUT2D eigenvalue weighted by molar-refractivity contribution is 6.09. The van der Waals surface area contributed by atoms with Crippen LogP contribution in [-0.2, 0) is 0 Å². The van der Waals surface area contributed by atoms with Crippen LogP contribution in [0.1, 0.15) is 55.1 Å². The topological polar surface area (TPSA) is 44.9 Å². The summed E-state index contributed by atoms with van der Waals surface area (Å²) in [5, 5.41) is 7.15. The molecule has 0 aliphatic heterocycles. The maximum Gasteiger partial charge on any atom is 0.140 e. The van der Waals surface area contributed by atoms with Gasteiger partial charge in [0.05, 0.1) is 22.4 Å². The lowest BCUT2D eigenvalue weighted by atomic mass is 9.75. The van der Waals surface area contributed by atoms with Gasteiger partial charge in [0.25, 0.3) is 0 Å². The van der Waals surface area contributed by atoms with Crippen molar-refractivity contribution < 1.29 is 9.13 Å². The van der Waals surface area contributed by atoms with E-state index < -0.39 is 0 Å². The molecule has 43 heavy (non-hydrogen) atoms. The molecule has 0 bridgehead atoms. The first kappa shape index (κ1) is 27.1. The Kier molecular flexibility index (Phi) is 6.65. The highest BCUT2D eigenvalue weighted by Gasteiger charge is 2.29. The number of fused-ring (bicyclic) bond motifs is 3. The zero-order chi connectivity index (χ0) is 29.8. The van der Waals surface area contributed by atoms with Crippen molar-refractivity contribution in [1.82, 2.24) is 19.3 Å². The van der Waals surface area contributed by atoms with Gasteiger partial charge in [-0.15, -0.1) is 0 Å². The van der Waals surface area contributed by atoms with Crippen LogP contribution in [-0.4, -0.2) is 19.3 Å². The van der Waals surface area contributed by atoms with Gasteiger partial charge in [-0.05, 0) is 88.4 Å². The zero-order valence-corrected chi connectivity index (χ0v) is 25.2. The number of allylic oxidation sites excluding steroid dienone is 2. The monoisotopic (exact) mass is 570 g/mol. The second-order valence-corrected chi connectivity index (χ2v) is 11.9. The van der Waals surface area contributed by atoms with E-state index in [4.69, 9.17) is 9.84 Å². The lowest BCUT2D eigenvalue weighted by Crippen LogP contribution is -2.16. The molecular formula is C37H35FN4O. The van der Waals surface area contributed by atoms with Crippen LogP contribution in [0.15, 0.2) is 90.6 Å². The third-order valence-electron chi connectivity index (χ3n) is 8.90. The molecule has 0 saturated carbocycles. The molecule has 3 aromatic carbocycles. The van der Waals surface area contributed by atoms with Crippen LogP contribution >= 0.6 is 0 Å². The van der Waals surface area contributed by atoms with E-state index in [1.807, 2.05) is 41.0 Å². The van der Waals surface area contributed by atoms with Crippen LogP contribution in [0.2, 0.25) is 0 Å². The van der Waals surface area contributed by atoms with Gasteiger partial charge in [-0.1, -0.05) is 36.8 Å². The zero-order valence-electron chi connectivity index (χ0n) is 25.2.